The lowest BCUT2D eigenvalue weighted by molar-refractivity contribution is -0.386. The summed E-state index contributed by atoms with van der Waals surface area (Å²) in [5, 5.41) is 23.0. The van der Waals surface area contributed by atoms with Gasteiger partial charge in [0.15, 0.2) is 0 Å². The normalized spacial score (nSPS) is 10.1. The van der Waals surface area contributed by atoms with Crippen molar-refractivity contribution in [2.45, 2.75) is 6.61 Å². The number of aliphatic hydroxyl groups is 1. The number of rotatable bonds is 5. The number of aliphatic hydroxyl groups excluding tert-OH is 1. The van der Waals surface area contributed by atoms with E-state index < -0.39 is 4.92 Å². The smallest absolute Gasteiger partial charge is 0.331 e. The third-order valence-corrected chi connectivity index (χ3v) is 2.64. The van der Waals surface area contributed by atoms with Crippen LogP contribution in [0.2, 0.25) is 0 Å². The minimum Gasteiger partial charge on any atom is -0.433 e. The molecule has 0 spiro atoms. The SMILES string of the molecule is CNc1ccc([N+](=O)[O-])c(Oc2ccccc2CO)n1. The maximum Gasteiger partial charge on any atom is 0.331 e. The van der Waals surface area contributed by atoms with Crippen molar-refractivity contribution < 1.29 is 14.8 Å². The van der Waals surface area contributed by atoms with Gasteiger partial charge in [-0.3, -0.25) is 10.1 Å². The highest BCUT2D eigenvalue weighted by Gasteiger charge is 2.19. The number of ether oxygens (including phenoxy) is 1. The Hall–Kier alpha value is -2.67. The highest BCUT2D eigenvalue weighted by atomic mass is 16.6. The molecule has 0 aliphatic carbocycles. The lowest BCUT2D eigenvalue weighted by Gasteiger charge is -2.09. The molecule has 0 unspecified atom stereocenters. The summed E-state index contributed by atoms with van der Waals surface area (Å²) in [6.07, 6.45) is 0. The van der Waals surface area contributed by atoms with Crippen molar-refractivity contribution in [3.63, 3.8) is 0 Å². The summed E-state index contributed by atoms with van der Waals surface area (Å²) < 4.78 is 5.48. The molecule has 1 heterocycles. The summed E-state index contributed by atoms with van der Waals surface area (Å²) in [7, 11) is 1.65. The molecule has 104 valence electrons. The lowest BCUT2D eigenvalue weighted by Crippen LogP contribution is -2.00. The van der Waals surface area contributed by atoms with Crippen molar-refractivity contribution in [1.29, 1.82) is 0 Å². The van der Waals surface area contributed by atoms with E-state index in [2.05, 4.69) is 10.3 Å². The van der Waals surface area contributed by atoms with E-state index in [1.807, 2.05) is 0 Å². The Kier molecular flexibility index (Phi) is 4.11. The zero-order chi connectivity index (χ0) is 14.5. The molecule has 7 heteroatoms. The van der Waals surface area contributed by atoms with Gasteiger partial charge in [-0.05, 0) is 12.1 Å². The van der Waals surface area contributed by atoms with E-state index in [4.69, 9.17) is 4.74 Å². The van der Waals surface area contributed by atoms with Crippen LogP contribution in [0.4, 0.5) is 11.5 Å². The van der Waals surface area contributed by atoms with Crippen molar-refractivity contribution in [3.05, 3.63) is 52.1 Å². The summed E-state index contributed by atoms with van der Waals surface area (Å²) >= 11 is 0. The van der Waals surface area contributed by atoms with Crippen LogP contribution in [0.5, 0.6) is 11.6 Å². The summed E-state index contributed by atoms with van der Waals surface area (Å²) in [5.74, 6) is 0.661. The van der Waals surface area contributed by atoms with Crippen LogP contribution in [0, 0.1) is 10.1 Å². The molecular formula is C13H13N3O4. The van der Waals surface area contributed by atoms with Crippen LogP contribution in [0.25, 0.3) is 0 Å². The first-order valence-corrected chi connectivity index (χ1v) is 5.85. The van der Waals surface area contributed by atoms with E-state index in [1.54, 1.807) is 31.3 Å². The highest BCUT2D eigenvalue weighted by molar-refractivity contribution is 5.51. The molecule has 2 rings (SSSR count). The first-order valence-electron chi connectivity index (χ1n) is 5.85. The van der Waals surface area contributed by atoms with Gasteiger partial charge in [-0.2, -0.15) is 4.98 Å². The van der Waals surface area contributed by atoms with Gasteiger partial charge in [-0.1, -0.05) is 18.2 Å². The molecular weight excluding hydrogens is 262 g/mol. The highest BCUT2D eigenvalue weighted by Crippen LogP contribution is 2.32. The Morgan fingerprint density at radius 3 is 2.75 bits per heavy atom. The molecule has 7 nitrogen and oxygen atoms in total. The summed E-state index contributed by atoms with van der Waals surface area (Å²) in [6.45, 7) is -0.226. The van der Waals surface area contributed by atoms with Crippen LogP contribution in [0.3, 0.4) is 0 Å². The maximum absolute atomic E-state index is 11.0. The van der Waals surface area contributed by atoms with Crippen molar-refractivity contribution in [2.24, 2.45) is 0 Å². The topological polar surface area (TPSA) is 97.5 Å². The maximum atomic E-state index is 11.0. The second kappa shape index (κ2) is 5.98. The molecule has 2 N–H and O–H groups in total. The largest absolute Gasteiger partial charge is 0.433 e. The van der Waals surface area contributed by atoms with E-state index in [0.717, 1.165) is 0 Å². The van der Waals surface area contributed by atoms with E-state index in [9.17, 15) is 15.2 Å². The van der Waals surface area contributed by atoms with Gasteiger partial charge < -0.3 is 15.2 Å². The standard InChI is InChI=1S/C13H13N3O4/c1-14-12-7-6-10(16(18)19)13(15-12)20-11-5-3-2-4-9(11)8-17/h2-7,17H,8H2,1H3,(H,14,15). The number of aromatic nitrogens is 1. The first kappa shape index (κ1) is 13.8. The van der Waals surface area contributed by atoms with Crippen molar-refractivity contribution in [3.8, 4) is 11.6 Å². The van der Waals surface area contributed by atoms with Crippen LogP contribution >= 0.6 is 0 Å². The number of nitrogens with zero attached hydrogens (tertiary/aromatic N) is 2. The number of benzene rings is 1. The Labute approximate surface area is 115 Å². The van der Waals surface area contributed by atoms with E-state index in [-0.39, 0.29) is 18.2 Å². The van der Waals surface area contributed by atoms with E-state index in [1.165, 1.54) is 12.1 Å². The lowest BCUT2D eigenvalue weighted by atomic mass is 10.2. The fourth-order valence-electron chi connectivity index (χ4n) is 1.62. The molecule has 0 aliphatic rings. The number of hydrogen-bond acceptors (Lipinski definition) is 6. The van der Waals surface area contributed by atoms with Gasteiger partial charge in [0, 0.05) is 18.7 Å². The summed E-state index contributed by atoms with van der Waals surface area (Å²) in [4.78, 5) is 14.4. The third kappa shape index (κ3) is 2.83. The van der Waals surface area contributed by atoms with E-state index in [0.29, 0.717) is 17.1 Å². The zero-order valence-electron chi connectivity index (χ0n) is 10.7. The second-order valence-electron chi connectivity index (χ2n) is 3.90. The molecule has 0 aliphatic heterocycles. The summed E-state index contributed by atoms with van der Waals surface area (Å²) in [5.41, 5.74) is 0.287. The van der Waals surface area contributed by atoms with Gasteiger partial charge in [0.1, 0.15) is 11.6 Å². The first-order chi connectivity index (χ1) is 9.65. The van der Waals surface area contributed by atoms with Gasteiger partial charge in [0.05, 0.1) is 11.5 Å². The fourth-order valence-corrected chi connectivity index (χ4v) is 1.62. The van der Waals surface area contributed by atoms with Crippen molar-refractivity contribution >= 4 is 11.5 Å². The van der Waals surface area contributed by atoms with Gasteiger partial charge in [0.25, 0.3) is 0 Å². The number of pyridine rings is 1. The van der Waals surface area contributed by atoms with Crippen LogP contribution in [0.15, 0.2) is 36.4 Å². The summed E-state index contributed by atoms with van der Waals surface area (Å²) in [6, 6.07) is 9.54. The van der Waals surface area contributed by atoms with Crippen LogP contribution in [0.1, 0.15) is 5.56 Å². The molecule has 0 saturated carbocycles. The Bertz CT molecular complexity index is 631. The monoisotopic (exact) mass is 275 g/mol. The average molecular weight is 275 g/mol. The number of nitro groups is 1. The van der Waals surface area contributed by atoms with Crippen LogP contribution in [-0.4, -0.2) is 22.1 Å². The number of hydrogen-bond donors (Lipinski definition) is 2. The molecule has 0 fully saturated rings. The zero-order valence-corrected chi connectivity index (χ0v) is 10.7. The fraction of sp³-hybridized carbons (Fsp3) is 0.154. The molecule has 20 heavy (non-hydrogen) atoms. The minimum absolute atomic E-state index is 0.122. The number of para-hydroxylation sites is 1. The molecule has 0 radical (unpaired) electrons. The predicted molar refractivity (Wildman–Crippen MR) is 72.9 cm³/mol. The number of nitrogens with one attached hydrogen (secondary N) is 1. The molecule has 0 bridgehead atoms. The van der Waals surface area contributed by atoms with Gasteiger partial charge >= 0.3 is 11.6 Å². The van der Waals surface area contributed by atoms with Crippen LogP contribution in [-0.2, 0) is 6.61 Å². The molecule has 2 aromatic rings. The molecule has 1 aromatic heterocycles. The molecule has 1 aromatic carbocycles. The average Bonchev–Trinajstić information content (AvgIpc) is 2.47. The molecule has 0 atom stereocenters. The molecule has 0 saturated heterocycles. The van der Waals surface area contributed by atoms with Gasteiger partial charge in [-0.25, -0.2) is 0 Å². The quantitative estimate of drug-likeness (QED) is 0.642. The number of anilines is 1. The second-order valence-corrected chi connectivity index (χ2v) is 3.90. The van der Waals surface area contributed by atoms with Gasteiger partial charge in [-0.15, -0.1) is 0 Å². The Balaban J connectivity index is 2.43. The third-order valence-electron chi connectivity index (χ3n) is 2.64. The minimum atomic E-state index is -0.566. The van der Waals surface area contributed by atoms with Crippen molar-refractivity contribution in [1.82, 2.24) is 4.98 Å². The molecule has 0 amide bonds. The van der Waals surface area contributed by atoms with Crippen molar-refractivity contribution in [2.75, 3.05) is 12.4 Å². The van der Waals surface area contributed by atoms with Gasteiger partial charge in [0.2, 0.25) is 0 Å². The predicted octanol–water partition coefficient (Wildman–Crippen LogP) is 2.32. The van der Waals surface area contributed by atoms with Crippen LogP contribution < -0.4 is 10.1 Å². The Morgan fingerprint density at radius 2 is 2.10 bits per heavy atom. The van der Waals surface area contributed by atoms with E-state index >= 15 is 0 Å². The Morgan fingerprint density at radius 1 is 1.35 bits per heavy atom.